The van der Waals surface area contributed by atoms with Gasteiger partial charge in [-0.1, -0.05) is 47.5 Å². The lowest BCUT2D eigenvalue weighted by molar-refractivity contribution is 0.272. The molecule has 2 rings (SSSR count). The molecule has 2 aromatic rings. The molecule has 2 nitrogen and oxygen atoms in total. The molecule has 0 unspecified atom stereocenters. The maximum absolute atomic E-state index is 6.02. The van der Waals surface area contributed by atoms with Crippen molar-refractivity contribution in [3.8, 4) is 0 Å². The van der Waals surface area contributed by atoms with Crippen molar-refractivity contribution in [2.24, 2.45) is 0 Å². The topological polar surface area (TPSA) is 18.5 Å². The minimum absolute atomic E-state index is 1.19. The van der Waals surface area contributed by atoms with Gasteiger partial charge in [0.1, 0.15) is 0 Å². The highest BCUT2D eigenvalue weighted by atomic mass is 28.4. The summed E-state index contributed by atoms with van der Waals surface area (Å²) in [5, 5.41) is 2.37. The molecule has 0 N–H and O–H groups in total. The maximum Gasteiger partial charge on any atom is 0.407 e. The average Bonchev–Trinajstić information content (AvgIpc) is 2.44. The highest BCUT2D eigenvalue weighted by molar-refractivity contribution is 6.93. The third kappa shape index (κ3) is 2.82. The molecule has 2 aromatic carbocycles. The third-order valence-corrected chi connectivity index (χ3v) is 7.74. The molecule has 0 bridgehead atoms. The van der Waals surface area contributed by atoms with Crippen LogP contribution in [0.15, 0.2) is 36.4 Å². The molecule has 0 aliphatic heterocycles. The third-order valence-electron chi connectivity index (χ3n) is 4.05. The minimum atomic E-state index is -2.63. The Kier molecular flexibility index (Phi) is 4.66. The van der Waals surface area contributed by atoms with Crippen molar-refractivity contribution in [1.82, 2.24) is 0 Å². The van der Waals surface area contributed by atoms with Crippen molar-refractivity contribution in [1.29, 1.82) is 0 Å². The first kappa shape index (κ1) is 16.0. The minimum Gasteiger partial charge on any atom is -0.391 e. The van der Waals surface area contributed by atoms with E-state index < -0.39 is 8.56 Å². The summed E-state index contributed by atoms with van der Waals surface area (Å²) in [6.07, 6.45) is 0. The summed E-state index contributed by atoms with van der Waals surface area (Å²) < 4.78 is 12.0. The summed E-state index contributed by atoms with van der Waals surface area (Å²) >= 11 is 0. The molecule has 0 saturated carbocycles. The van der Waals surface area contributed by atoms with Gasteiger partial charge in [0.05, 0.1) is 0 Å². The molecule has 0 heterocycles. The molecule has 0 aliphatic carbocycles. The number of benzene rings is 2. The molecule has 0 aliphatic rings. The van der Waals surface area contributed by atoms with Gasteiger partial charge in [0.2, 0.25) is 0 Å². The van der Waals surface area contributed by atoms with E-state index in [1.165, 1.54) is 32.6 Å². The number of hydrogen-bond donors (Lipinski definition) is 0. The van der Waals surface area contributed by atoms with Gasteiger partial charge in [-0.25, -0.2) is 0 Å². The van der Waals surface area contributed by atoms with Crippen molar-refractivity contribution < 1.29 is 8.85 Å². The van der Waals surface area contributed by atoms with Crippen LogP contribution in [0.2, 0.25) is 0 Å². The lowest BCUT2D eigenvalue weighted by Gasteiger charge is -2.31. The first-order chi connectivity index (χ1) is 9.94. The Labute approximate surface area is 129 Å². The van der Waals surface area contributed by atoms with Crippen LogP contribution in [-0.2, 0) is 8.85 Å². The Balaban J connectivity index is 2.70. The van der Waals surface area contributed by atoms with Gasteiger partial charge in [-0.3, -0.25) is 0 Å². The van der Waals surface area contributed by atoms with E-state index in [2.05, 4.69) is 64.1 Å². The predicted molar refractivity (Wildman–Crippen MR) is 90.9 cm³/mol. The summed E-state index contributed by atoms with van der Waals surface area (Å²) in [6.45, 7) is 8.48. The normalized spacial score (nSPS) is 11.7. The predicted octanol–water partition coefficient (Wildman–Crippen LogP) is 2.77. The molecule has 0 radical (unpaired) electrons. The van der Waals surface area contributed by atoms with Crippen molar-refractivity contribution in [3.63, 3.8) is 0 Å². The first-order valence-electron chi connectivity index (χ1n) is 7.20. The summed E-state index contributed by atoms with van der Waals surface area (Å²) in [5.74, 6) is 0. The van der Waals surface area contributed by atoms with Gasteiger partial charge in [0.15, 0.2) is 0 Å². The standard InChI is InChI=1S/C18H24O2Si/c1-13-7-9-17(15(3)11-13)21(19-5,20-6)18-10-8-14(2)12-16(18)4/h7-12H,1-6H3. The van der Waals surface area contributed by atoms with E-state index in [-0.39, 0.29) is 0 Å². The number of rotatable bonds is 4. The fourth-order valence-corrected chi connectivity index (χ4v) is 6.16. The van der Waals surface area contributed by atoms with Gasteiger partial charge < -0.3 is 8.85 Å². The zero-order valence-electron chi connectivity index (χ0n) is 13.8. The van der Waals surface area contributed by atoms with E-state index in [0.717, 1.165) is 0 Å². The smallest absolute Gasteiger partial charge is 0.391 e. The van der Waals surface area contributed by atoms with Crippen LogP contribution >= 0.6 is 0 Å². The van der Waals surface area contributed by atoms with E-state index in [1.807, 2.05) is 0 Å². The van der Waals surface area contributed by atoms with Crippen LogP contribution in [0.5, 0.6) is 0 Å². The Hall–Kier alpha value is -1.42. The summed E-state index contributed by atoms with van der Waals surface area (Å²) in [7, 11) is 0.886. The number of aryl methyl sites for hydroxylation is 4. The summed E-state index contributed by atoms with van der Waals surface area (Å²) in [5.41, 5.74) is 4.97. The lowest BCUT2D eigenvalue weighted by Crippen LogP contribution is -2.63. The van der Waals surface area contributed by atoms with Gasteiger partial charge in [-0.2, -0.15) is 0 Å². The molecule has 21 heavy (non-hydrogen) atoms. The van der Waals surface area contributed by atoms with Crippen LogP contribution in [0.25, 0.3) is 0 Å². The summed E-state index contributed by atoms with van der Waals surface area (Å²) in [6, 6.07) is 13.0. The second-order valence-electron chi connectivity index (χ2n) is 5.66. The van der Waals surface area contributed by atoms with Gasteiger partial charge >= 0.3 is 8.56 Å². The monoisotopic (exact) mass is 300 g/mol. The summed E-state index contributed by atoms with van der Waals surface area (Å²) in [4.78, 5) is 0. The van der Waals surface area contributed by atoms with E-state index in [1.54, 1.807) is 14.2 Å². The van der Waals surface area contributed by atoms with Crippen molar-refractivity contribution in [3.05, 3.63) is 58.7 Å². The van der Waals surface area contributed by atoms with E-state index >= 15 is 0 Å². The molecule has 0 amide bonds. The van der Waals surface area contributed by atoms with E-state index in [9.17, 15) is 0 Å². The van der Waals surface area contributed by atoms with Crippen LogP contribution in [0.4, 0.5) is 0 Å². The van der Waals surface area contributed by atoms with Gasteiger partial charge in [0, 0.05) is 24.6 Å². The lowest BCUT2D eigenvalue weighted by atomic mass is 10.1. The molecule has 0 spiro atoms. The van der Waals surface area contributed by atoms with Crippen LogP contribution in [0.3, 0.4) is 0 Å². The highest BCUT2D eigenvalue weighted by Crippen LogP contribution is 2.14. The van der Waals surface area contributed by atoms with Gasteiger partial charge in [-0.05, 0) is 38.8 Å². The molecule has 0 saturated heterocycles. The van der Waals surface area contributed by atoms with Crippen LogP contribution in [-0.4, -0.2) is 22.8 Å². The molecular formula is C18H24O2Si. The maximum atomic E-state index is 6.02. The Morgan fingerprint density at radius 1 is 0.667 bits per heavy atom. The van der Waals surface area contributed by atoms with Crippen molar-refractivity contribution in [2.75, 3.05) is 14.2 Å². The fourth-order valence-electron chi connectivity index (χ4n) is 3.03. The van der Waals surface area contributed by atoms with Crippen LogP contribution < -0.4 is 10.4 Å². The van der Waals surface area contributed by atoms with Gasteiger partial charge in [-0.15, -0.1) is 0 Å². The second kappa shape index (κ2) is 6.14. The molecular weight excluding hydrogens is 276 g/mol. The number of hydrogen-bond acceptors (Lipinski definition) is 2. The zero-order chi connectivity index (χ0) is 15.6. The van der Waals surface area contributed by atoms with Crippen LogP contribution in [0, 0.1) is 27.7 Å². The van der Waals surface area contributed by atoms with Crippen molar-refractivity contribution >= 4 is 18.9 Å². The Bertz CT molecular complexity index is 592. The average molecular weight is 300 g/mol. The van der Waals surface area contributed by atoms with E-state index in [0.29, 0.717) is 0 Å². The fraction of sp³-hybridized carbons (Fsp3) is 0.333. The molecule has 3 heteroatoms. The van der Waals surface area contributed by atoms with E-state index in [4.69, 9.17) is 8.85 Å². The molecule has 0 atom stereocenters. The second-order valence-corrected chi connectivity index (χ2v) is 8.79. The van der Waals surface area contributed by atoms with Crippen LogP contribution in [0.1, 0.15) is 22.3 Å². The Morgan fingerprint density at radius 3 is 1.33 bits per heavy atom. The quantitative estimate of drug-likeness (QED) is 0.808. The molecule has 0 aromatic heterocycles. The van der Waals surface area contributed by atoms with Crippen molar-refractivity contribution in [2.45, 2.75) is 27.7 Å². The Morgan fingerprint density at radius 2 is 1.05 bits per heavy atom. The SMILES string of the molecule is CO[Si](OC)(c1ccc(C)cc1C)c1ccc(C)cc1C. The molecule has 0 fully saturated rings. The largest absolute Gasteiger partial charge is 0.407 e. The zero-order valence-corrected chi connectivity index (χ0v) is 14.8. The first-order valence-corrected chi connectivity index (χ1v) is 9.02. The highest BCUT2D eigenvalue weighted by Gasteiger charge is 2.42. The molecule has 112 valence electrons. The van der Waals surface area contributed by atoms with Gasteiger partial charge in [0.25, 0.3) is 0 Å².